The minimum atomic E-state index is -2.26. The van der Waals surface area contributed by atoms with Crippen molar-refractivity contribution in [3.63, 3.8) is 0 Å². The summed E-state index contributed by atoms with van der Waals surface area (Å²) in [5.74, 6) is -5.10. The van der Waals surface area contributed by atoms with E-state index < -0.39 is 73.2 Å². The van der Waals surface area contributed by atoms with Crippen molar-refractivity contribution in [2.24, 2.45) is 11.7 Å². The Bertz CT molecular complexity index is 596. The van der Waals surface area contributed by atoms with E-state index in [4.69, 9.17) is 19.9 Å². The average molecular weight is 390 g/mol. The normalized spacial score (nSPS) is 35.2. The van der Waals surface area contributed by atoms with Gasteiger partial charge >= 0.3 is 17.7 Å². The van der Waals surface area contributed by atoms with E-state index in [1.165, 1.54) is 6.92 Å². The zero-order valence-corrected chi connectivity index (χ0v) is 15.3. The van der Waals surface area contributed by atoms with Crippen LogP contribution >= 0.6 is 0 Å². The molecule has 0 aromatic rings. The molecule has 2 aliphatic rings. The molecule has 1 amide bonds. The predicted molar refractivity (Wildman–Crippen MR) is 87.7 cm³/mol. The van der Waals surface area contributed by atoms with E-state index in [1.807, 2.05) is 0 Å². The zero-order valence-electron chi connectivity index (χ0n) is 15.3. The largest absolute Gasteiger partial charge is 0.452 e. The molecule has 0 saturated carbocycles. The number of ether oxygens (including phenoxy) is 3. The average Bonchev–Trinajstić information content (AvgIpc) is 2.59. The molecule has 2 heterocycles. The summed E-state index contributed by atoms with van der Waals surface area (Å²) < 4.78 is 16.0. The number of cyclic esters (lactones) is 1. The third kappa shape index (κ3) is 4.22. The van der Waals surface area contributed by atoms with Crippen LogP contribution in [0.3, 0.4) is 0 Å². The Balaban J connectivity index is 2.34. The molecule has 2 aliphatic heterocycles. The van der Waals surface area contributed by atoms with Crippen molar-refractivity contribution in [1.82, 2.24) is 5.32 Å². The van der Waals surface area contributed by atoms with Crippen LogP contribution in [0.1, 0.15) is 27.2 Å². The summed E-state index contributed by atoms with van der Waals surface area (Å²) in [7, 11) is 0. The number of aliphatic hydroxyl groups is 3. The fourth-order valence-corrected chi connectivity index (χ4v) is 3.07. The van der Waals surface area contributed by atoms with Gasteiger partial charge in [-0.1, -0.05) is 13.8 Å². The molecule has 11 heteroatoms. The highest BCUT2D eigenvalue weighted by molar-refractivity contribution is 5.85. The summed E-state index contributed by atoms with van der Waals surface area (Å²) in [6.45, 7) is 3.82. The Hall–Kier alpha value is -1.79. The minimum absolute atomic E-state index is 0.283. The summed E-state index contributed by atoms with van der Waals surface area (Å²) in [5.41, 5.74) is 5.74. The highest BCUT2D eigenvalue weighted by Crippen LogP contribution is 2.39. The lowest BCUT2D eigenvalue weighted by atomic mass is 9.86. The molecule has 2 bridgehead atoms. The minimum Gasteiger partial charge on any atom is -0.452 e. The van der Waals surface area contributed by atoms with Crippen LogP contribution in [0.4, 0.5) is 0 Å². The molecule has 27 heavy (non-hydrogen) atoms. The molecule has 2 fully saturated rings. The van der Waals surface area contributed by atoms with E-state index in [-0.39, 0.29) is 5.92 Å². The van der Waals surface area contributed by atoms with Gasteiger partial charge in [0.15, 0.2) is 6.10 Å². The maximum atomic E-state index is 12.5. The van der Waals surface area contributed by atoms with Crippen molar-refractivity contribution in [1.29, 1.82) is 0 Å². The first kappa shape index (κ1) is 21.5. The Kier molecular flexibility index (Phi) is 6.43. The number of esters is 2. The molecule has 2 saturated heterocycles. The molecule has 2 rings (SSSR count). The number of nitrogens with two attached hydrogens (primary N) is 1. The number of hydrogen-bond donors (Lipinski definition) is 5. The van der Waals surface area contributed by atoms with Crippen LogP contribution < -0.4 is 11.1 Å². The van der Waals surface area contributed by atoms with Gasteiger partial charge in [0.25, 0.3) is 0 Å². The summed E-state index contributed by atoms with van der Waals surface area (Å²) in [6, 6.07) is -2.10. The van der Waals surface area contributed by atoms with Gasteiger partial charge in [-0.2, -0.15) is 0 Å². The molecule has 0 aromatic carbocycles. The second-order valence-electron chi connectivity index (χ2n) is 7.14. The van der Waals surface area contributed by atoms with E-state index >= 15 is 0 Å². The van der Waals surface area contributed by atoms with E-state index in [0.717, 1.165) is 0 Å². The molecule has 154 valence electrons. The van der Waals surface area contributed by atoms with Crippen LogP contribution in [-0.2, 0) is 28.6 Å². The van der Waals surface area contributed by atoms with Crippen molar-refractivity contribution in [2.45, 2.75) is 69.5 Å². The van der Waals surface area contributed by atoms with E-state index in [9.17, 15) is 29.7 Å². The van der Waals surface area contributed by atoms with Gasteiger partial charge in [0.1, 0.15) is 18.2 Å². The summed E-state index contributed by atoms with van der Waals surface area (Å²) in [6.07, 6.45) is -6.03. The van der Waals surface area contributed by atoms with Crippen molar-refractivity contribution in [2.75, 3.05) is 6.61 Å². The third-order valence-electron chi connectivity index (χ3n) is 4.64. The fraction of sp³-hybridized carbons (Fsp3) is 0.812. The van der Waals surface area contributed by atoms with Crippen LogP contribution in [0.15, 0.2) is 0 Å². The highest BCUT2D eigenvalue weighted by Gasteiger charge is 2.63. The van der Waals surface area contributed by atoms with Crippen molar-refractivity contribution >= 4 is 17.8 Å². The van der Waals surface area contributed by atoms with Gasteiger partial charge < -0.3 is 40.6 Å². The number of aliphatic hydroxyl groups excluding tert-OH is 3. The molecule has 0 radical (unpaired) electrons. The zero-order chi connectivity index (χ0) is 20.5. The topological polar surface area (TPSA) is 178 Å². The number of rotatable bonds is 6. The van der Waals surface area contributed by atoms with Gasteiger partial charge in [-0.05, 0) is 5.92 Å². The number of nitrogens with one attached hydrogen (secondary N) is 1. The molecule has 7 unspecified atom stereocenters. The van der Waals surface area contributed by atoms with Gasteiger partial charge in [0.2, 0.25) is 5.91 Å². The standard InChI is InChI=1S/C16H26N2O9/c1-6(2)10(17)14(23)27-16-4-8(21)11(18-7(3)20)13(26-16)12(9(22)5-19)25-15(16)24/h6,8-13,19,21-22H,4-5,17H2,1-3H3,(H,18,20). The lowest BCUT2D eigenvalue weighted by Crippen LogP contribution is -2.73. The molecule has 6 N–H and O–H groups in total. The first-order chi connectivity index (χ1) is 12.5. The van der Waals surface area contributed by atoms with Crippen molar-refractivity contribution in [3.8, 4) is 0 Å². The molecule has 0 aromatic heterocycles. The first-order valence-corrected chi connectivity index (χ1v) is 8.63. The second-order valence-corrected chi connectivity index (χ2v) is 7.14. The number of carbonyl (C=O) groups excluding carboxylic acids is 3. The Morgan fingerprint density at radius 3 is 2.59 bits per heavy atom. The molecule has 0 spiro atoms. The molecule has 7 atom stereocenters. The first-order valence-electron chi connectivity index (χ1n) is 8.63. The lowest BCUT2D eigenvalue weighted by molar-refractivity contribution is -0.334. The number of amides is 1. The van der Waals surface area contributed by atoms with E-state index in [0.29, 0.717) is 0 Å². The monoisotopic (exact) mass is 390 g/mol. The summed E-state index contributed by atoms with van der Waals surface area (Å²) in [4.78, 5) is 36.2. The molecular weight excluding hydrogens is 364 g/mol. The van der Waals surface area contributed by atoms with Crippen molar-refractivity contribution < 1.29 is 43.9 Å². The molecule has 11 nitrogen and oxygen atoms in total. The Morgan fingerprint density at radius 1 is 1.44 bits per heavy atom. The Labute approximate surface area is 155 Å². The number of fused-ring (bicyclic) bond motifs is 2. The summed E-state index contributed by atoms with van der Waals surface area (Å²) >= 11 is 0. The third-order valence-corrected chi connectivity index (χ3v) is 4.64. The van der Waals surface area contributed by atoms with Crippen LogP contribution in [-0.4, -0.2) is 82.1 Å². The summed E-state index contributed by atoms with van der Waals surface area (Å²) in [5, 5.41) is 32.1. The van der Waals surface area contributed by atoms with Gasteiger partial charge in [0, 0.05) is 6.92 Å². The fourth-order valence-electron chi connectivity index (χ4n) is 3.07. The van der Waals surface area contributed by atoms with Gasteiger partial charge in [-0.15, -0.1) is 0 Å². The van der Waals surface area contributed by atoms with Crippen molar-refractivity contribution in [3.05, 3.63) is 0 Å². The smallest absolute Gasteiger partial charge is 0.380 e. The van der Waals surface area contributed by atoms with Gasteiger partial charge in [0.05, 0.1) is 25.2 Å². The van der Waals surface area contributed by atoms with Gasteiger partial charge in [-0.3, -0.25) is 9.59 Å². The van der Waals surface area contributed by atoms with E-state index in [2.05, 4.69) is 5.32 Å². The van der Waals surface area contributed by atoms with Crippen LogP contribution in [0.2, 0.25) is 0 Å². The number of hydrogen-bond acceptors (Lipinski definition) is 10. The number of carbonyl (C=O) groups is 3. The van der Waals surface area contributed by atoms with Crippen LogP contribution in [0.5, 0.6) is 0 Å². The second kappa shape index (κ2) is 8.07. The maximum Gasteiger partial charge on any atom is 0.380 e. The highest BCUT2D eigenvalue weighted by atomic mass is 16.8. The molecule has 0 aliphatic carbocycles. The van der Waals surface area contributed by atoms with Crippen LogP contribution in [0.25, 0.3) is 0 Å². The Morgan fingerprint density at radius 2 is 2.07 bits per heavy atom. The SMILES string of the molecule is CC(=O)NC1C(O)CC2(OC(=O)C(N)C(C)C)OC1C(C(O)CO)OC2=O. The quantitative estimate of drug-likeness (QED) is 0.296. The lowest BCUT2D eigenvalue weighted by Gasteiger charge is -2.51. The van der Waals surface area contributed by atoms with Crippen LogP contribution in [0, 0.1) is 5.92 Å². The van der Waals surface area contributed by atoms with Gasteiger partial charge in [-0.25, -0.2) is 4.79 Å². The molecular formula is C16H26N2O9. The predicted octanol–water partition coefficient (Wildman–Crippen LogP) is -2.86. The maximum absolute atomic E-state index is 12.5. The van der Waals surface area contributed by atoms with E-state index in [1.54, 1.807) is 13.8 Å².